The predicted octanol–water partition coefficient (Wildman–Crippen LogP) is 33.3. The Bertz CT molecular complexity index is 8460. The number of fused-ring (bicyclic) bond motifs is 15. The van der Waals surface area contributed by atoms with Gasteiger partial charge in [-0.1, -0.05) is 305 Å². The molecule has 0 saturated carbocycles. The third kappa shape index (κ3) is 12.5. The number of benzene rings is 20. The SMILES string of the molecule is CC1(C)c2cc(-c3ccc4c5ccccc5n(-c5ccccc5)c4c3)ccc2-c2ccc(N(c3ccc(-c4ccccc4)cc3)c3ccc(-n4c5ccccc5c5c(-c6cccc(-c7ccc(N(c8ccc(-c9ccc(-c%10ccc%11c%12ccccc%12n(-c%12ccccc%12)c%11c%10)cc9)cc8)c8ccc(-n9c%10ccccc%10c%10ccccc%109)cc8)cc7)c6)cccc54)cc3)cc21. The van der Waals surface area contributed by atoms with Gasteiger partial charge in [-0.25, -0.2) is 0 Å². The summed E-state index contributed by atoms with van der Waals surface area (Å²) in [5.74, 6) is 0. The van der Waals surface area contributed by atoms with Gasteiger partial charge in [0, 0.05) is 105 Å². The van der Waals surface area contributed by atoms with Crippen LogP contribution in [0.2, 0.25) is 0 Å². The average Bonchev–Trinajstić information content (AvgIpc) is 1.56. The maximum atomic E-state index is 2.46. The van der Waals surface area contributed by atoms with Crippen molar-refractivity contribution >= 4 is 121 Å². The van der Waals surface area contributed by atoms with Crippen molar-refractivity contribution in [2.75, 3.05) is 9.80 Å². The molecule has 0 fully saturated rings. The van der Waals surface area contributed by atoms with Crippen molar-refractivity contribution in [1.82, 2.24) is 18.3 Å². The normalized spacial score (nSPS) is 12.3. The number of anilines is 6. The molecule has 24 aromatic rings. The molecule has 20 aromatic carbocycles. The topological polar surface area (TPSA) is 26.2 Å². The van der Waals surface area contributed by atoms with E-state index in [4.69, 9.17) is 0 Å². The fourth-order valence-electron chi connectivity index (χ4n) is 21.0. The van der Waals surface area contributed by atoms with E-state index in [9.17, 15) is 0 Å². The molecule has 0 saturated heterocycles. The van der Waals surface area contributed by atoms with Crippen molar-refractivity contribution in [3.05, 3.63) is 484 Å². The van der Waals surface area contributed by atoms with Gasteiger partial charge in [0.2, 0.25) is 0 Å². The Hall–Kier alpha value is -16.8. The number of hydrogen-bond donors (Lipinski definition) is 0. The van der Waals surface area contributed by atoms with Crippen molar-refractivity contribution in [3.63, 3.8) is 0 Å². The van der Waals surface area contributed by atoms with Crippen LogP contribution in [0.15, 0.2) is 473 Å². The highest BCUT2D eigenvalue weighted by atomic mass is 15.2. The van der Waals surface area contributed by atoms with E-state index in [1.54, 1.807) is 0 Å². The van der Waals surface area contributed by atoms with E-state index < -0.39 is 0 Å². The van der Waals surface area contributed by atoms with Gasteiger partial charge in [-0.05, 0) is 271 Å². The molecule has 6 heteroatoms. The van der Waals surface area contributed by atoms with Crippen LogP contribution in [0.25, 0.3) is 188 Å². The molecule has 1 aliphatic rings. The van der Waals surface area contributed by atoms with E-state index in [1.165, 1.54) is 137 Å². The number of aromatic nitrogens is 4. The number of hydrogen-bond acceptors (Lipinski definition) is 2. The molecule has 4 heterocycles. The smallest absolute Gasteiger partial charge is 0.0547 e. The molecule has 0 bridgehead atoms. The van der Waals surface area contributed by atoms with Gasteiger partial charge in [0.05, 0.1) is 44.1 Å². The average molecular weight is 1650 g/mol. The minimum Gasteiger partial charge on any atom is -0.311 e. The Labute approximate surface area is 748 Å². The lowest BCUT2D eigenvalue weighted by molar-refractivity contribution is 0.660. The largest absolute Gasteiger partial charge is 0.311 e. The molecule has 606 valence electrons. The highest BCUT2D eigenvalue weighted by Gasteiger charge is 2.37. The standard InChI is InChI=1S/C123H84N6/c1-123(2)112-77-88(90-56-74-110-108-35-15-20-41-117(108)129(121(110)79-90)93-30-10-5-11-31-93)54-72-103(112)104-75-71-101(80-113(104)123)125(96-59-48-83(49-60-96)81-24-6-3-7-25-81)98-65-69-100(70-66-98)127-118-42-21-16-36-111(118)122-102(37-23-43-119(122)127)91-27-22-26-87(76-91)86-52-61-95(62-53-86)124(97-63-67-99(68-64-97)126-114-38-17-12-32-105(114)106-33-13-18-39-115(106)126)94-57-50-84(51-58-94)82-44-46-85(47-45-82)89-55-73-109-107-34-14-19-40-116(107)128(120(109)78-89)92-28-8-4-9-29-92/h3-80H,1-2H3. The molecule has 0 unspecified atom stereocenters. The third-order valence-electron chi connectivity index (χ3n) is 27.2. The lowest BCUT2D eigenvalue weighted by Crippen LogP contribution is -2.16. The summed E-state index contributed by atoms with van der Waals surface area (Å²) in [4.78, 5) is 4.82. The second kappa shape index (κ2) is 30.3. The van der Waals surface area contributed by atoms with Crippen molar-refractivity contribution in [2.24, 2.45) is 0 Å². The maximum Gasteiger partial charge on any atom is 0.0547 e. The molecule has 25 rings (SSSR count). The maximum absolute atomic E-state index is 2.46. The predicted molar refractivity (Wildman–Crippen MR) is 543 cm³/mol. The van der Waals surface area contributed by atoms with E-state index >= 15 is 0 Å². The van der Waals surface area contributed by atoms with Crippen LogP contribution in [0.3, 0.4) is 0 Å². The monoisotopic (exact) mass is 1640 g/mol. The molecular weight excluding hydrogens is 1560 g/mol. The minimum atomic E-state index is -0.300. The van der Waals surface area contributed by atoms with Gasteiger partial charge in [0.15, 0.2) is 0 Å². The van der Waals surface area contributed by atoms with Crippen LogP contribution in [-0.4, -0.2) is 18.3 Å². The molecule has 1 aliphatic carbocycles. The summed E-state index contributed by atoms with van der Waals surface area (Å²) in [5, 5.41) is 9.90. The lowest BCUT2D eigenvalue weighted by Gasteiger charge is -2.28. The molecule has 0 radical (unpaired) electrons. The number of rotatable bonds is 16. The van der Waals surface area contributed by atoms with Crippen LogP contribution < -0.4 is 9.80 Å². The summed E-state index contributed by atoms with van der Waals surface area (Å²) in [6, 6.07) is 175. The highest BCUT2D eigenvalue weighted by molar-refractivity contribution is 6.17. The van der Waals surface area contributed by atoms with Gasteiger partial charge in [-0.2, -0.15) is 0 Å². The van der Waals surface area contributed by atoms with Crippen molar-refractivity contribution < 1.29 is 0 Å². The van der Waals surface area contributed by atoms with Gasteiger partial charge in [-0.15, -0.1) is 0 Å². The zero-order valence-corrected chi connectivity index (χ0v) is 71.2. The molecule has 0 N–H and O–H groups in total. The Balaban J connectivity index is 0.531. The van der Waals surface area contributed by atoms with Crippen LogP contribution >= 0.6 is 0 Å². The van der Waals surface area contributed by atoms with Gasteiger partial charge < -0.3 is 28.1 Å². The van der Waals surface area contributed by atoms with E-state index in [2.05, 4.69) is 515 Å². The molecule has 0 spiro atoms. The first-order valence-corrected chi connectivity index (χ1v) is 44.6. The molecular formula is C123H84N6. The second-order valence-corrected chi connectivity index (χ2v) is 34.7. The summed E-state index contributed by atoms with van der Waals surface area (Å²) in [6.45, 7) is 4.81. The Kier molecular flexibility index (Phi) is 17.6. The first-order valence-electron chi connectivity index (χ1n) is 44.6. The summed E-state index contributed by atoms with van der Waals surface area (Å²) in [7, 11) is 0. The minimum absolute atomic E-state index is 0.300. The van der Waals surface area contributed by atoms with Crippen molar-refractivity contribution in [1.29, 1.82) is 0 Å². The van der Waals surface area contributed by atoms with Gasteiger partial charge in [0.1, 0.15) is 0 Å². The van der Waals surface area contributed by atoms with Gasteiger partial charge in [0.25, 0.3) is 0 Å². The fraction of sp³-hybridized carbons (Fsp3) is 0.0244. The Morgan fingerprint density at radius 2 is 0.434 bits per heavy atom. The number of nitrogens with zero attached hydrogens (tertiary/aromatic N) is 6. The van der Waals surface area contributed by atoms with Crippen LogP contribution in [-0.2, 0) is 5.41 Å². The first kappa shape index (κ1) is 74.8. The number of para-hydroxylation sites is 7. The summed E-state index contributed by atoms with van der Waals surface area (Å²) in [6.07, 6.45) is 0. The van der Waals surface area contributed by atoms with Crippen molar-refractivity contribution in [3.8, 4) is 101 Å². The van der Waals surface area contributed by atoms with E-state index in [-0.39, 0.29) is 5.41 Å². The lowest BCUT2D eigenvalue weighted by atomic mass is 9.81. The second-order valence-electron chi connectivity index (χ2n) is 34.7. The van der Waals surface area contributed by atoms with Crippen LogP contribution in [0, 0.1) is 0 Å². The summed E-state index contributed by atoms with van der Waals surface area (Å²) < 4.78 is 9.64. The van der Waals surface area contributed by atoms with E-state index in [0.717, 1.165) is 95.7 Å². The van der Waals surface area contributed by atoms with Gasteiger partial charge in [-0.3, -0.25) is 0 Å². The molecule has 4 aromatic heterocycles. The first-order chi connectivity index (χ1) is 63.7. The van der Waals surface area contributed by atoms with Crippen LogP contribution in [0.1, 0.15) is 25.0 Å². The van der Waals surface area contributed by atoms with Gasteiger partial charge >= 0.3 is 0 Å². The van der Waals surface area contributed by atoms with E-state index in [0.29, 0.717) is 0 Å². The molecule has 0 amide bonds. The Morgan fingerprint density at radius 3 is 0.907 bits per heavy atom. The summed E-state index contributed by atoms with van der Waals surface area (Å²) in [5.41, 5.74) is 39.3. The third-order valence-corrected chi connectivity index (χ3v) is 27.2. The van der Waals surface area contributed by atoms with Crippen LogP contribution in [0.4, 0.5) is 34.1 Å². The fourth-order valence-corrected chi connectivity index (χ4v) is 21.0. The Morgan fingerprint density at radius 1 is 0.163 bits per heavy atom. The molecule has 0 aliphatic heterocycles. The quantitative estimate of drug-likeness (QED) is 0.0964. The zero-order valence-electron chi connectivity index (χ0n) is 71.2. The highest BCUT2D eigenvalue weighted by Crippen LogP contribution is 2.53. The van der Waals surface area contributed by atoms with Crippen LogP contribution in [0.5, 0.6) is 0 Å². The molecule has 129 heavy (non-hydrogen) atoms. The van der Waals surface area contributed by atoms with Crippen molar-refractivity contribution in [2.45, 2.75) is 19.3 Å². The molecule has 6 nitrogen and oxygen atoms in total. The van der Waals surface area contributed by atoms with E-state index in [1.807, 2.05) is 0 Å². The zero-order chi connectivity index (χ0) is 85.4. The summed E-state index contributed by atoms with van der Waals surface area (Å²) >= 11 is 0. The molecule has 0 atom stereocenters.